The van der Waals surface area contributed by atoms with Crippen LogP contribution in [0.2, 0.25) is 0 Å². The number of hydrogen-bond donors (Lipinski definition) is 1. The predicted molar refractivity (Wildman–Crippen MR) is 81.2 cm³/mol. The van der Waals surface area contributed by atoms with E-state index in [0.717, 1.165) is 62.5 Å². The number of aliphatic hydroxyl groups excluding tert-OH is 1. The minimum Gasteiger partial charge on any atom is -0.457 e. The van der Waals surface area contributed by atoms with Crippen LogP contribution in [0.4, 0.5) is 0 Å². The summed E-state index contributed by atoms with van der Waals surface area (Å²) in [5, 5.41) is 17.1. The van der Waals surface area contributed by atoms with Crippen molar-refractivity contribution in [3.05, 3.63) is 24.1 Å². The van der Waals surface area contributed by atoms with Gasteiger partial charge in [0.1, 0.15) is 17.6 Å². The van der Waals surface area contributed by atoms with Gasteiger partial charge in [-0.05, 0) is 50.7 Å². The zero-order valence-corrected chi connectivity index (χ0v) is 12.8. The summed E-state index contributed by atoms with van der Waals surface area (Å²) >= 11 is 0. The number of nitrogens with zero attached hydrogens (tertiary/aromatic N) is 3. The molecule has 0 unspecified atom stereocenters. The average molecular weight is 305 g/mol. The molecule has 1 aliphatic rings. The summed E-state index contributed by atoms with van der Waals surface area (Å²) in [4.78, 5) is 0. The van der Waals surface area contributed by atoms with Crippen LogP contribution in [0.15, 0.2) is 22.7 Å². The molecule has 0 amide bonds. The largest absolute Gasteiger partial charge is 0.457 e. The molecule has 0 aromatic carbocycles. The van der Waals surface area contributed by atoms with Crippen molar-refractivity contribution in [1.29, 1.82) is 0 Å². The van der Waals surface area contributed by atoms with Gasteiger partial charge < -0.3 is 14.3 Å². The third-order valence-corrected chi connectivity index (χ3v) is 3.96. The maximum Gasteiger partial charge on any atom is 0.156 e. The Morgan fingerprint density at radius 3 is 3.00 bits per heavy atom. The molecule has 1 N–H and O–H groups in total. The van der Waals surface area contributed by atoms with Crippen molar-refractivity contribution in [3.63, 3.8) is 0 Å². The Morgan fingerprint density at radius 2 is 2.18 bits per heavy atom. The molecule has 3 rings (SSSR count). The number of aliphatic hydroxyl groups is 1. The lowest BCUT2D eigenvalue weighted by Gasteiger charge is -2.20. The number of furan rings is 1. The molecule has 120 valence electrons. The molecule has 0 aliphatic carbocycles. The van der Waals surface area contributed by atoms with Crippen LogP contribution in [0.1, 0.15) is 50.4 Å². The molecule has 0 saturated carbocycles. The van der Waals surface area contributed by atoms with E-state index < -0.39 is 0 Å². The third-order valence-electron chi connectivity index (χ3n) is 3.96. The van der Waals surface area contributed by atoms with Crippen LogP contribution in [0, 0.1) is 0 Å². The van der Waals surface area contributed by atoms with Crippen molar-refractivity contribution in [2.45, 2.75) is 51.2 Å². The molecule has 1 fully saturated rings. The normalized spacial score (nSPS) is 18.7. The molecule has 0 spiro atoms. The summed E-state index contributed by atoms with van der Waals surface area (Å²) in [6.07, 6.45) is 8.15. The van der Waals surface area contributed by atoms with Crippen LogP contribution in [0.3, 0.4) is 0 Å². The summed E-state index contributed by atoms with van der Waals surface area (Å²) in [6.45, 7) is 1.87. The maximum atomic E-state index is 8.77. The van der Waals surface area contributed by atoms with Crippen LogP contribution in [0.5, 0.6) is 0 Å². The van der Waals surface area contributed by atoms with E-state index in [1.54, 1.807) is 0 Å². The first-order valence-electron chi connectivity index (χ1n) is 8.09. The van der Waals surface area contributed by atoms with Crippen molar-refractivity contribution in [3.8, 4) is 11.5 Å². The molecule has 6 nitrogen and oxygen atoms in total. The Balaban J connectivity index is 1.59. The lowest BCUT2D eigenvalue weighted by Crippen LogP contribution is -2.10. The molecular weight excluding hydrogens is 282 g/mol. The van der Waals surface area contributed by atoms with Gasteiger partial charge in [-0.25, -0.2) is 0 Å². The molecule has 2 aromatic heterocycles. The monoisotopic (exact) mass is 305 g/mol. The van der Waals surface area contributed by atoms with Gasteiger partial charge in [-0.1, -0.05) is 5.21 Å². The highest BCUT2D eigenvalue weighted by atomic mass is 16.5. The molecule has 1 saturated heterocycles. The smallest absolute Gasteiger partial charge is 0.156 e. The minimum atomic E-state index is 0.0797. The highest BCUT2D eigenvalue weighted by Crippen LogP contribution is 2.31. The van der Waals surface area contributed by atoms with Crippen LogP contribution in [0.25, 0.3) is 11.5 Å². The van der Waals surface area contributed by atoms with E-state index in [-0.39, 0.29) is 12.7 Å². The number of aromatic nitrogens is 3. The summed E-state index contributed by atoms with van der Waals surface area (Å²) in [7, 11) is 0. The van der Waals surface area contributed by atoms with Gasteiger partial charge in [0.15, 0.2) is 5.76 Å². The van der Waals surface area contributed by atoms with E-state index in [9.17, 15) is 0 Å². The van der Waals surface area contributed by atoms with Gasteiger partial charge in [0.2, 0.25) is 0 Å². The van der Waals surface area contributed by atoms with E-state index >= 15 is 0 Å². The molecule has 2 aromatic rings. The Bertz CT molecular complexity index is 573. The summed E-state index contributed by atoms with van der Waals surface area (Å²) in [6, 6.07) is 3.92. The van der Waals surface area contributed by atoms with Gasteiger partial charge in [0, 0.05) is 19.8 Å². The third kappa shape index (κ3) is 3.75. The highest BCUT2D eigenvalue weighted by Gasteiger charge is 2.20. The van der Waals surface area contributed by atoms with Crippen molar-refractivity contribution >= 4 is 0 Å². The first-order chi connectivity index (χ1) is 10.9. The fourth-order valence-corrected chi connectivity index (χ4v) is 2.71. The van der Waals surface area contributed by atoms with E-state index in [1.165, 1.54) is 6.42 Å². The molecule has 0 bridgehead atoms. The van der Waals surface area contributed by atoms with E-state index in [0.29, 0.717) is 0 Å². The quantitative estimate of drug-likeness (QED) is 0.796. The number of hydrogen-bond acceptors (Lipinski definition) is 5. The second kappa shape index (κ2) is 7.56. The zero-order valence-electron chi connectivity index (χ0n) is 12.8. The Morgan fingerprint density at radius 1 is 1.23 bits per heavy atom. The zero-order chi connectivity index (χ0) is 15.2. The van der Waals surface area contributed by atoms with Crippen molar-refractivity contribution in [2.24, 2.45) is 0 Å². The first-order valence-corrected chi connectivity index (χ1v) is 8.09. The summed E-state index contributed by atoms with van der Waals surface area (Å²) < 4.78 is 13.5. The molecule has 22 heavy (non-hydrogen) atoms. The summed E-state index contributed by atoms with van der Waals surface area (Å²) in [5.41, 5.74) is 0.754. The average Bonchev–Trinajstić information content (AvgIpc) is 3.21. The van der Waals surface area contributed by atoms with Crippen molar-refractivity contribution in [1.82, 2.24) is 15.0 Å². The van der Waals surface area contributed by atoms with Gasteiger partial charge in [0.05, 0.1) is 6.20 Å². The van der Waals surface area contributed by atoms with Gasteiger partial charge in [-0.3, -0.25) is 4.68 Å². The Hall–Kier alpha value is -1.66. The van der Waals surface area contributed by atoms with Crippen LogP contribution in [-0.2, 0) is 11.3 Å². The number of unbranched alkanes of at least 4 members (excludes halogenated alkanes) is 2. The van der Waals surface area contributed by atoms with Crippen LogP contribution < -0.4 is 0 Å². The number of ether oxygens (including phenoxy) is 1. The maximum absolute atomic E-state index is 8.77. The lowest BCUT2D eigenvalue weighted by atomic mass is 10.1. The van der Waals surface area contributed by atoms with Gasteiger partial charge in [-0.15, -0.1) is 5.10 Å². The lowest BCUT2D eigenvalue weighted by molar-refractivity contribution is 0.00220. The second-order valence-corrected chi connectivity index (χ2v) is 5.71. The number of rotatable bonds is 7. The Labute approximate surface area is 130 Å². The summed E-state index contributed by atoms with van der Waals surface area (Å²) in [5.74, 6) is 1.62. The predicted octanol–water partition coefficient (Wildman–Crippen LogP) is 2.94. The molecule has 1 atom stereocenters. The van der Waals surface area contributed by atoms with Crippen LogP contribution in [-0.4, -0.2) is 33.3 Å². The molecule has 0 radical (unpaired) electrons. The number of aryl methyl sites for hydroxylation is 1. The van der Waals surface area contributed by atoms with E-state index in [1.807, 2.05) is 23.0 Å². The minimum absolute atomic E-state index is 0.0797. The van der Waals surface area contributed by atoms with Gasteiger partial charge >= 0.3 is 0 Å². The van der Waals surface area contributed by atoms with Gasteiger partial charge in [-0.2, -0.15) is 0 Å². The van der Waals surface area contributed by atoms with Crippen molar-refractivity contribution in [2.75, 3.05) is 13.2 Å². The Kier molecular flexibility index (Phi) is 5.24. The van der Waals surface area contributed by atoms with Crippen molar-refractivity contribution < 1.29 is 14.3 Å². The fourth-order valence-electron chi connectivity index (χ4n) is 2.71. The van der Waals surface area contributed by atoms with Crippen LogP contribution >= 0.6 is 0 Å². The first kappa shape index (κ1) is 15.2. The van der Waals surface area contributed by atoms with Gasteiger partial charge in [0.25, 0.3) is 0 Å². The standard InChI is InChI=1S/C16H23N3O3/c20-10-4-1-3-9-19-12-13(17-18-19)14-7-8-16(22-14)15-6-2-5-11-21-15/h7-8,12,15,20H,1-6,9-11H2/t15-/m0/s1. The second-order valence-electron chi connectivity index (χ2n) is 5.71. The molecular formula is C16H23N3O3. The fraction of sp³-hybridized carbons (Fsp3) is 0.625. The SMILES string of the molecule is OCCCCCn1cc(-c2ccc([C@@H]3CCCCO3)o2)nn1. The topological polar surface area (TPSA) is 73.3 Å². The van der Waals surface area contributed by atoms with E-state index in [2.05, 4.69) is 10.3 Å². The van der Waals surface area contributed by atoms with E-state index in [4.69, 9.17) is 14.3 Å². The molecule has 1 aliphatic heterocycles. The molecule has 3 heterocycles. The molecule has 6 heteroatoms. The highest BCUT2D eigenvalue weighted by molar-refractivity contribution is 5.50.